The number of guanidine groups is 1. The van der Waals surface area contributed by atoms with Crippen molar-refractivity contribution in [1.29, 1.82) is 0 Å². The summed E-state index contributed by atoms with van der Waals surface area (Å²) in [5.41, 5.74) is 1.19. The highest BCUT2D eigenvalue weighted by Crippen LogP contribution is 2.17. The zero-order valence-electron chi connectivity index (χ0n) is 13.9. The maximum Gasteiger partial charge on any atom is 0.191 e. The van der Waals surface area contributed by atoms with Crippen LogP contribution in [0.2, 0.25) is 0 Å². The fourth-order valence-corrected chi connectivity index (χ4v) is 3.04. The summed E-state index contributed by atoms with van der Waals surface area (Å²) in [6.45, 7) is 3.70. The van der Waals surface area contributed by atoms with Gasteiger partial charge in [-0.1, -0.05) is 18.2 Å². The lowest BCUT2D eigenvalue weighted by Crippen LogP contribution is -2.39. The van der Waals surface area contributed by atoms with Crippen LogP contribution in [0.15, 0.2) is 35.5 Å². The fraction of sp³-hybridized carbons (Fsp3) is 0.412. The van der Waals surface area contributed by atoms with Gasteiger partial charge in [-0.3, -0.25) is 4.99 Å². The topological polar surface area (TPSA) is 58.5 Å². The second-order valence-electron chi connectivity index (χ2n) is 5.10. The van der Waals surface area contributed by atoms with E-state index in [2.05, 4.69) is 33.6 Å². The molecule has 0 aliphatic carbocycles. The molecule has 23 heavy (non-hydrogen) atoms. The van der Waals surface area contributed by atoms with Crippen LogP contribution in [0.4, 0.5) is 0 Å². The van der Waals surface area contributed by atoms with Gasteiger partial charge in [0.2, 0.25) is 0 Å². The van der Waals surface area contributed by atoms with Crippen molar-refractivity contribution in [2.75, 3.05) is 27.2 Å². The number of methoxy groups -OCH3 is 1. The third kappa shape index (κ3) is 5.56. The first-order valence-corrected chi connectivity index (χ1v) is 8.52. The second-order valence-corrected chi connectivity index (χ2v) is 6.42. The van der Waals surface area contributed by atoms with Gasteiger partial charge in [-0.25, -0.2) is 4.98 Å². The minimum absolute atomic E-state index is 0.802. The summed E-state index contributed by atoms with van der Waals surface area (Å²) in [7, 11) is 3.49. The fourth-order valence-electron chi connectivity index (χ4n) is 2.25. The van der Waals surface area contributed by atoms with Gasteiger partial charge in [-0.15, -0.1) is 11.3 Å². The molecule has 124 valence electrons. The molecule has 0 saturated carbocycles. The molecule has 0 aliphatic rings. The average Bonchev–Trinajstić information content (AvgIpc) is 2.99. The minimum atomic E-state index is 0.802. The molecule has 0 atom stereocenters. The number of nitrogens with zero attached hydrogens (tertiary/aromatic N) is 2. The minimum Gasteiger partial charge on any atom is -0.496 e. The number of aryl methyl sites for hydroxylation is 1. The van der Waals surface area contributed by atoms with E-state index in [4.69, 9.17) is 4.74 Å². The third-order valence-corrected chi connectivity index (χ3v) is 4.38. The lowest BCUT2D eigenvalue weighted by Gasteiger charge is -2.12. The number of hydrogen-bond acceptors (Lipinski definition) is 4. The van der Waals surface area contributed by atoms with Gasteiger partial charge >= 0.3 is 0 Å². The van der Waals surface area contributed by atoms with Crippen LogP contribution in [0.1, 0.15) is 15.4 Å². The lowest BCUT2D eigenvalue weighted by molar-refractivity contribution is 0.409. The molecule has 0 unspecified atom stereocenters. The van der Waals surface area contributed by atoms with Crippen LogP contribution in [-0.2, 0) is 12.8 Å². The monoisotopic (exact) mass is 332 g/mol. The largest absolute Gasteiger partial charge is 0.496 e. The lowest BCUT2D eigenvalue weighted by atomic mass is 10.1. The highest BCUT2D eigenvalue weighted by Gasteiger charge is 2.03. The molecule has 6 heteroatoms. The molecule has 5 nitrogen and oxygen atoms in total. The Bertz CT molecular complexity index is 639. The number of para-hydroxylation sites is 1. The van der Waals surface area contributed by atoms with Crippen LogP contribution in [0, 0.1) is 6.92 Å². The molecular formula is C17H24N4OS. The Morgan fingerprint density at radius 3 is 2.61 bits per heavy atom. The Morgan fingerprint density at radius 1 is 1.22 bits per heavy atom. The first-order valence-electron chi connectivity index (χ1n) is 7.70. The van der Waals surface area contributed by atoms with Crippen LogP contribution >= 0.6 is 11.3 Å². The summed E-state index contributed by atoms with van der Waals surface area (Å²) in [5, 5.41) is 7.80. The number of aromatic nitrogens is 1. The van der Waals surface area contributed by atoms with Gasteiger partial charge in [0, 0.05) is 37.6 Å². The Hall–Kier alpha value is -2.08. The van der Waals surface area contributed by atoms with E-state index in [0.29, 0.717) is 0 Å². The predicted octanol–water partition coefficient (Wildman–Crippen LogP) is 2.41. The number of hydrogen-bond donors (Lipinski definition) is 2. The molecule has 0 bridgehead atoms. The standard InChI is InChI=1S/C17H24N4OS/c1-13-12-21-16(23-13)9-11-20-17(18-2)19-10-8-14-6-4-5-7-15(14)22-3/h4-7,12H,8-11H2,1-3H3,(H2,18,19,20). The molecule has 0 radical (unpaired) electrons. The van der Waals surface area contributed by atoms with Crippen LogP contribution < -0.4 is 15.4 Å². The molecule has 1 aromatic heterocycles. The maximum absolute atomic E-state index is 5.37. The van der Waals surface area contributed by atoms with Crippen molar-refractivity contribution in [3.63, 3.8) is 0 Å². The summed E-state index contributed by atoms with van der Waals surface area (Å²) in [4.78, 5) is 9.86. The Labute approximate surface area is 141 Å². The number of thiazole rings is 1. The summed E-state index contributed by atoms with van der Waals surface area (Å²) in [5.74, 6) is 1.74. The summed E-state index contributed by atoms with van der Waals surface area (Å²) < 4.78 is 5.37. The Morgan fingerprint density at radius 2 is 1.96 bits per heavy atom. The quantitative estimate of drug-likeness (QED) is 0.604. The number of aliphatic imine (C=N–C) groups is 1. The van der Waals surface area contributed by atoms with E-state index < -0.39 is 0 Å². The van der Waals surface area contributed by atoms with Gasteiger partial charge in [-0.2, -0.15) is 0 Å². The molecule has 0 amide bonds. The van der Waals surface area contributed by atoms with Crippen molar-refractivity contribution in [3.8, 4) is 5.75 Å². The van der Waals surface area contributed by atoms with Gasteiger partial charge < -0.3 is 15.4 Å². The zero-order chi connectivity index (χ0) is 16.5. The Balaban J connectivity index is 1.72. The molecule has 2 rings (SSSR count). The third-order valence-electron chi connectivity index (χ3n) is 3.40. The highest BCUT2D eigenvalue weighted by atomic mass is 32.1. The van der Waals surface area contributed by atoms with E-state index in [1.807, 2.05) is 24.4 Å². The Kier molecular flexibility index (Phi) is 6.87. The summed E-state index contributed by atoms with van der Waals surface area (Å²) in [6.07, 6.45) is 3.71. The normalized spacial score (nSPS) is 11.3. The van der Waals surface area contributed by atoms with Crippen LogP contribution in [0.5, 0.6) is 5.75 Å². The molecule has 2 aromatic rings. The molecule has 1 aromatic carbocycles. The van der Waals surface area contributed by atoms with Crippen molar-refractivity contribution in [2.24, 2.45) is 4.99 Å². The molecule has 0 fully saturated rings. The van der Waals surface area contributed by atoms with Crippen molar-refractivity contribution < 1.29 is 4.74 Å². The number of rotatable bonds is 7. The number of nitrogens with one attached hydrogen (secondary N) is 2. The van der Waals surface area contributed by atoms with Gasteiger partial charge in [0.15, 0.2) is 5.96 Å². The predicted molar refractivity (Wildman–Crippen MR) is 96.6 cm³/mol. The number of benzene rings is 1. The first kappa shape index (κ1) is 17.3. The van der Waals surface area contributed by atoms with Crippen molar-refractivity contribution in [1.82, 2.24) is 15.6 Å². The zero-order valence-corrected chi connectivity index (χ0v) is 14.7. The van der Waals surface area contributed by atoms with Gasteiger partial charge in [0.1, 0.15) is 5.75 Å². The molecule has 0 saturated heterocycles. The molecule has 0 spiro atoms. The van der Waals surface area contributed by atoms with E-state index in [9.17, 15) is 0 Å². The molecular weight excluding hydrogens is 308 g/mol. The van der Waals surface area contributed by atoms with E-state index in [0.717, 1.165) is 42.6 Å². The van der Waals surface area contributed by atoms with Crippen LogP contribution in [-0.4, -0.2) is 38.2 Å². The number of ether oxygens (including phenoxy) is 1. The molecule has 2 N–H and O–H groups in total. The summed E-state index contributed by atoms with van der Waals surface area (Å²) >= 11 is 1.74. The maximum atomic E-state index is 5.37. The molecule has 0 aliphatic heterocycles. The summed E-state index contributed by atoms with van der Waals surface area (Å²) in [6, 6.07) is 8.08. The second kappa shape index (κ2) is 9.15. The van der Waals surface area contributed by atoms with Gasteiger partial charge in [0.05, 0.1) is 12.1 Å². The smallest absolute Gasteiger partial charge is 0.191 e. The molecule has 1 heterocycles. The highest BCUT2D eigenvalue weighted by molar-refractivity contribution is 7.11. The SMILES string of the molecule is CN=C(NCCc1ncc(C)s1)NCCc1ccccc1OC. The van der Waals surface area contributed by atoms with Crippen molar-refractivity contribution in [3.05, 3.63) is 45.9 Å². The van der Waals surface area contributed by atoms with Crippen LogP contribution in [0.3, 0.4) is 0 Å². The van der Waals surface area contributed by atoms with E-state index in [1.54, 1.807) is 25.5 Å². The van der Waals surface area contributed by atoms with E-state index in [1.165, 1.54) is 10.4 Å². The van der Waals surface area contributed by atoms with E-state index in [-0.39, 0.29) is 0 Å². The first-order chi connectivity index (χ1) is 11.2. The average molecular weight is 332 g/mol. The van der Waals surface area contributed by atoms with Gasteiger partial charge in [-0.05, 0) is 25.0 Å². The van der Waals surface area contributed by atoms with Crippen molar-refractivity contribution in [2.45, 2.75) is 19.8 Å². The van der Waals surface area contributed by atoms with Crippen molar-refractivity contribution >= 4 is 17.3 Å². The van der Waals surface area contributed by atoms with E-state index >= 15 is 0 Å². The van der Waals surface area contributed by atoms with Gasteiger partial charge in [0.25, 0.3) is 0 Å². The van der Waals surface area contributed by atoms with Crippen LogP contribution in [0.25, 0.3) is 0 Å².